The van der Waals surface area contributed by atoms with Crippen LogP contribution in [0.5, 0.6) is 0 Å². The zero-order chi connectivity index (χ0) is 45.4. The van der Waals surface area contributed by atoms with Gasteiger partial charge in [-0.15, -0.1) is 0 Å². The van der Waals surface area contributed by atoms with Crippen molar-refractivity contribution in [1.82, 2.24) is 20.4 Å². The lowest BCUT2D eigenvalue weighted by Gasteiger charge is -2.57. The van der Waals surface area contributed by atoms with Gasteiger partial charge in [0.05, 0.1) is 0 Å². The highest BCUT2D eigenvalue weighted by molar-refractivity contribution is 6.01. The maximum Gasteiger partial charge on any atom is 0.411 e. The van der Waals surface area contributed by atoms with Crippen molar-refractivity contribution in [2.45, 2.75) is 125 Å². The molecule has 5 unspecified atom stereocenters. The minimum Gasteiger partial charge on any atom is -0.465 e. The predicted octanol–water partition coefficient (Wildman–Crippen LogP) is 5.75. The average molecular weight is 859 g/mol. The predicted molar refractivity (Wildman–Crippen MR) is 235 cm³/mol. The number of likely N-dealkylation sites (tertiary alicyclic amines) is 2. The van der Waals surface area contributed by atoms with Crippen LogP contribution in [0.2, 0.25) is 0 Å². The Labute approximate surface area is 367 Å². The molecular formula is C49H58N6O8. The Balaban J connectivity index is 1.33. The van der Waals surface area contributed by atoms with Crippen molar-refractivity contribution in [3.8, 4) is 0 Å². The monoisotopic (exact) mass is 858 g/mol. The van der Waals surface area contributed by atoms with E-state index in [1.54, 1.807) is 0 Å². The summed E-state index contributed by atoms with van der Waals surface area (Å²) < 4.78 is 0. The van der Waals surface area contributed by atoms with Crippen LogP contribution in [0.3, 0.4) is 0 Å². The molecule has 3 aromatic carbocycles. The maximum atomic E-state index is 14.9. The molecule has 8 N–H and O–H groups in total. The van der Waals surface area contributed by atoms with Crippen molar-refractivity contribution in [2.24, 2.45) is 17.4 Å². The van der Waals surface area contributed by atoms with Gasteiger partial charge in [0.25, 0.3) is 11.8 Å². The standard InChI is InChI=1S/C49H58N6O8/c1-45(2,3)29-12-10-28(11-13-29)40-34(36-8-6-24-54(36)48(41(58)52-43(60)61)32-18-14-30(15-19-32)46(48,4)26-38(50)56)22-23-35(40)37-9-7-25-55(37)49(42(59)53-44(62)63)33-20-16-31(17-21-33)47(49,5)27-39(51)57/h10-21,34,36-37H,6-9,22-27H2,1-5H3,(H2,50,56)(H2,51,57)(H,52,58)(H,53,59)(H,60,61)(H,62,63)/t34?,36?,37?,46?,47?,48-,49-/m1/s1. The highest BCUT2D eigenvalue weighted by atomic mass is 16.4. The fourth-order valence-corrected chi connectivity index (χ4v) is 13.0. The molecule has 2 aliphatic heterocycles. The summed E-state index contributed by atoms with van der Waals surface area (Å²) in [6.07, 6.45) is 0.592. The van der Waals surface area contributed by atoms with Crippen LogP contribution in [0.15, 0.2) is 78.4 Å². The van der Waals surface area contributed by atoms with E-state index in [2.05, 4.69) is 65.5 Å². The summed E-state index contributed by atoms with van der Waals surface area (Å²) in [5.74, 6) is -2.92. The van der Waals surface area contributed by atoms with Crippen LogP contribution in [0.25, 0.3) is 5.57 Å². The van der Waals surface area contributed by atoms with Crippen LogP contribution in [-0.2, 0) is 46.5 Å². The largest absolute Gasteiger partial charge is 0.465 e. The number of nitrogens with zero attached hydrogens (tertiary/aromatic N) is 2. The number of hydrogen-bond donors (Lipinski definition) is 6. The fourth-order valence-electron chi connectivity index (χ4n) is 13.0. The van der Waals surface area contributed by atoms with E-state index in [0.29, 0.717) is 73.9 Å². The number of hydrogen-bond acceptors (Lipinski definition) is 8. The smallest absolute Gasteiger partial charge is 0.411 e. The number of nitrogens with one attached hydrogen (secondary N) is 2. The van der Waals surface area contributed by atoms with E-state index < -0.39 is 57.7 Å². The number of primary amides is 2. The third kappa shape index (κ3) is 6.50. The maximum absolute atomic E-state index is 14.9. The zero-order valence-electron chi connectivity index (χ0n) is 36.6. The van der Waals surface area contributed by atoms with Crippen molar-refractivity contribution in [1.29, 1.82) is 0 Å². The lowest BCUT2D eigenvalue weighted by molar-refractivity contribution is -0.144. The normalized spacial score (nSPS) is 30.1. The van der Waals surface area contributed by atoms with Crippen LogP contribution in [0.1, 0.15) is 119 Å². The second-order valence-corrected chi connectivity index (χ2v) is 19.7. The van der Waals surface area contributed by atoms with E-state index in [1.165, 1.54) is 0 Å². The van der Waals surface area contributed by atoms with Gasteiger partial charge in [-0.2, -0.15) is 0 Å². The summed E-state index contributed by atoms with van der Waals surface area (Å²) in [5, 5.41) is 24.5. The minimum absolute atomic E-state index is 0.134. The van der Waals surface area contributed by atoms with E-state index in [0.717, 1.165) is 22.3 Å². The summed E-state index contributed by atoms with van der Waals surface area (Å²) >= 11 is 0. The minimum atomic E-state index is -1.62. The first-order valence-electron chi connectivity index (χ1n) is 22.0. The number of carbonyl (C=O) groups excluding carboxylic acids is 4. The van der Waals surface area contributed by atoms with Crippen LogP contribution in [0, 0.1) is 5.92 Å². The second kappa shape index (κ2) is 15.4. The van der Waals surface area contributed by atoms with Gasteiger partial charge < -0.3 is 21.7 Å². The number of imide groups is 2. The molecule has 0 spiro atoms. The lowest BCUT2D eigenvalue weighted by Crippen LogP contribution is -2.70. The molecule has 0 aromatic heterocycles. The second-order valence-electron chi connectivity index (χ2n) is 19.7. The van der Waals surface area contributed by atoms with Gasteiger partial charge in [0, 0.05) is 48.2 Å². The summed E-state index contributed by atoms with van der Waals surface area (Å²) in [6, 6.07) is 22.7. The molecule has 2 saturated heterocycles. The summed E-state index contributed by atoms with van der Waals surface area (Å²) in [7, 11) is 0. The Morgan fingerprint density at radius 1 is 0.651 bits per heavy atom. The van der Waals surface area contributed by atoms with Crippen molar-refractivity contribution < 1.29 is 39.0 Å². The van der Waals surface area contributed by atoms with Crippen molar-refractivity contribution in [2.75, 3.05) is 13.1 Å². The molecule has 4 bridgehead atoms. The summed E-state index contributed by atoms with van der Waals surface area (Å²) in [4.78, 5) is 84.7. The Kier molecular flexibility index (Phi) is 10.7. The zero-order valence-corrected chi connectivity index (χ0v) is 36.6. The molecule has 0 saturated carbocycles. The number of rotatable bonds is 11. The first kappa shape index (κ1) is 43.8. The number of fused-ring (bicyclic) bond motifs is 6. The molecule has 7 atom stereocenters. The van der Waals surface area contributed by atoms with Crippen molar-refractivity contribution in [3.63, 3.8) is 0 Å². The number of amides is 6. The molecule has 7 aliphatic rings. The SMILES string of the molecule is CC(C)(C)c1ccc(C2=C(C3CCCN3[C@@]3(C(=O)NC(=O)O)c4ccc(cc4)C3(C)CC(N)=O)CCC2C2CCCN2[C@@]2(C(=O)NC(=O)O)c3ccc(cc3)C2(C)CC(N)=O)cc1. The van der Waals surface area contributed by atoms with Gasteiger partial charge in [0.2, 0.25) is 11.8 Å². The topological polar surface area (TPSA) is 225 Å². The van der Waals surface area contributed by atoms with Gasteiger partial charge in [-0.05, 0) is 95.0 Å². The van der Waals surface area contributed by atoms with E-state index >= 15 is 0 Å². The molecule has 5 aliphatic carbocycles. The molecule has 6 amide bonds. The molecule has 2 fully saturated rings. The summed E-state index contributed by atoms with van der Waals surface area (Å²) in [5.41, 5.74) is 13.0. The molecule has 14 nitrogen and oxygen atoms in total. The molecule has 10 rings (SSSR count). The number of carboxylic acid groups (broad SMARTS) is 2. The van der Waals surface area contributed by atoms with E-state index in [9.17, 15) is 39.0 Å². The van der Waals surface area contributed by atoms with E-state index in [-0.39, 0.29) is 36.3 Å². The summed E-state index contributed by atoms with van der Waals surface area (Å²) in [6.45, 7) is 11.0. The van der Waals surface area contributed by atoms with E-state index in [4.69, 9.17) is 11.5 Å². The number of nitrogens with two attached hydrogens (primary N) is 2. The molecular weight excluding hydrogens is 801 g/mol. The lowest BCUT2D eigenvalue weighted by atomic mass is 9.56. The van der Waals surface area contributed by atoms with Crippen molar-refractivity contribution in [3.05, 3.63) is 112 Å². The fraction of sp³-hybridized carbons (Fsp3) is 0.469. The molecule has 2 heterocycles. The third-order valence-electron chi connectivity index (χ3n) is 15.4. The highest BCUT2D eigenvalue weighted by Crippen LogP contribution is 2.60. The quantitative estimate of drug-likeness (QED) is 0.137. The van der Waals surface area contributed by atoms with Gasteiger partial charge in [0.1, 0.15) is 11.1 Å². The van der Waals surface area contributed by atoms with Crippen LogP contribution >= 0.6 is 0 Å². The Bertz CT molecular complexity index is 2430. The molecule has 332 valence electrons. The molecule has 3 aromatic rings. The molecule has 63 heavy (non-hydrogen) atoms. The number of benzene rings is 3. The van der Waals surface area contributed by atoms with Crippen LogP contribution in [-0.4, -0.2) is 81.0 Å². The number of carbonyl (C=O) groups is 6. The third-order valence-corrected chi connectivity index (χ3v) is 15.4. The van der Waals surface area contributed by atoms with Crippen molar-refractivity contribution >= 4 is 41.4 Å². The van der Waals surface area contributed by atoms with Gasteiger partial charge in [-0.25, -0.2) is 9.59 Å². The highest BCUT2D eigenvalue weighted by Gasteiger charge is 2.67. The van der Waals surface area contributed by atoms with Gasteiger partial charge >= 0.3 is 12.2 Å². The Hall–Kier alpha value is -5.86. The van der Waals surface area contributed by atoms with Gasteiger partial charge in [0.15, 0.2) is 0 Å². The van der Waals surface area contributed by atoms with E-state index in [1.807, 2.05) is 62.4 Å². The first-order chi connectivity index (χ1) is 29.7. The average Bonchev–Trinajstić information content (AvgIpc) is 3.98. The van der Waals surface area contributed by atoms with Crippen LogP contribution in [0.4, 0.5) is 9.59 Å². The Morgan fingerprint density at radius 2 is 1.10 bits per heavy atom. The first-order valence-corrected chi connectivity index (χ1v) is 22.0. The molecule has 14 heteroatoms. The van der Waals surface area contributed by atoms with Crippen LogP contribution < -0.4 is 22.1 Å². The molecule has 0 radical (unpaired) electrons. The van der Waals surface area contributed by atoms with Gasteiger partial charge in [-0.1, -0.05) is 107 Å². The Morgan fingerprint density at radius 3 is 1.56 bits per heavy atom. The van der Waals surface area contributed by atoms with Gasteiger partial charge in [-0.3, -0.25) is 39.6 Å².